The van der Waals surface area contributed by atoms with Gasteiger partial charge in [-0.1, -0.05) is 27.7 Å². The third-order valence-electron chi connectivity index (χ3n) is 15.8. The smallest absolute Gasteiger partial charge is 0.187 e. The van der Waals surface area contributed by atoms with E-state index in [0.717, 1.165) is 58.0 Å². The molecule has 0 aromatic carbocycles. The Balaban J connectivity index is 1.03. The van der Waals surface area contributed by atoms with Crippen LogP contribution in [0.15, 0.2) is 0 Å². The van der Waals surface area contributed by atoms with Gasteiger partial charge in [-0.3, -0.25) is 0 Å². The van der Waals surface area contributed by atoms with Crippen LogP contribution in [0.3, 0.4) is 0 Å². The molecule has 8 aliphatic rings. The number of aliphatic hydroxyl groups is 6. The largest absolute Gasteiger partial charge is 0.393 e. The van der Waals surface area contributed by atoms with Crippen molar-refractivity contribution < 1.29 is 59.1 Å². The molecule has 0 aromatic rings. The summed E-state index contributed by atoms with van der Waals surface area (Å²) < 4.78 is 38.1. The molecule has 4 saturated heterocycles. The summed E-state index contributed by atoms with van der Waals surface area (Å²) in [6.45, 7) is 11.6. The van der Waals surface area contributed by atoms with Gasteiger partial charge in [-0.05, 0) is 98.2 Å². The van der Waals surface area contributed by atoms with Crippen LogP contribution in [0.4, 0.5) is 0 Å². The minimum atomic E-state index is -1.59. The van der Waals surface area contributed by atoms with Gasteiger partial charge in [0.15, 0.2) is 18.4 Å². The molecule has 1 spiro atoms. The van der Waals surface area contributed by atoms with Crippen molar-refractivity contribution in [2.75, 3.05) is 13.2 Å². The maximum absolute atomic E-state index is 11.2. The molecule has 12 nitrogen and oxygen atoms in total. The molecule has 4 heterocycles. The van der Waals surface area contributed by atoms with E-state index in [0.29, 0.717) is 41.9 Å². The van der Waals surface area contributed by atoms with Gasteiger partial charge in [-0.15, -0.1) is 0 Å². The molecule has 4 aliphatic heterocycles. The van der Waals surface area contributed by atoms with Gasteiger partial charge < -0.3 is 59.1 Å². The average Bonchev–Trinajstić information content (AvgIpc) is 3.53. The standard InChI is InChI=1S/C38H62O12/c1-17-8-11-38(46-15-17)18(2)28-26(50-38)14-24-22-7-6-20-12-21(39)13-27(37(20,5)23(22)9-10-36(24,28)4)48-35-33(30(42)25(40)16-45-35)49-34-32(44)31(43)29(41)19(3)47-34/h17-35,39-44H,6-16H2,1-5H3/t17-,18-,19-,20+,21+,22+,23-,24-,25+,26-,27+,28-,29-,30-,31+,32+,33+,34-,35-,36-,37-,38+/m0/s1. The van der Waals surface area contributed by atoms with Crippen molar-refractivity contribution in [1.82, 2.24) is 0 Å². The summed E-state index contributed by atoms with van der Waals surface area (Å²) in [7, 11) is 0. The molecule has 0 aromatic heterocycles. The average molecular weight is 711 g/mol. The number of rotatable bonds is 4. The third kappa shape index (κ3) is 5.52. The molecule has 4 saturated carbocycles. The Kier molecular flexibility index (Phi) is 9.55. The molecule has 50 heavy (non-hydrogen) atoms. The Bertz CT molecular complexity index is 1230. The second-order valence-corrected chi connectivity index (χ2v) is 18.3. The summed E-state index contributed by atoms with van der Waals surface area (Å²) in [5.74, 6) is 2.58. The molecule has 0 bridgehead atoms. The third-order valence-corrected chi connectivity index (χ3v) is 15.8. The van der Waals surface area contributed by atoms with Crippen molar-refractivity contribution in [2.24, 2.45) is 52.3 Å². The number of ether oxygens (including phenoxy) is 6. The van der Waals surface area contributed by atoms with Gasteiger partial charge in [0.05, 0.1) is 37.6 Å². The molecule has 4 aliphatic carbocycles. The highest BCUT2D eigenvalue weighted by atomic mass is 16.8. The Morgan fingerprint density at radius 1 is 0.720 bits per heavy atom. The Hall–Kier alpha value is -0.480. The summed E-state index contributed by atoms with van der Waals surface area (Å²) in [6.07, 6.45) is -3.88. The van der Waals surface area contributed by atoms with Crippen molar-refractivity contribution >= 4 is 0 Å². The highest BCUT2D eigenvalue weighted by Crippen LogP contribution is 2.71. The molecular formula is C38H62O12. The summed E-state index contributed by atoms with van der Waals surface area (Å²) in [4.78, 5) is 0. The van der Waals surface area contributed by atoms with Crippen LogP contribution in [0.25, 0.3) is 0 Å². The van der Waals surface area contributed by atoms with Crippen molar-refractivity contribution in [3.05, 3.63) is 0 Å². The van der Waals surface area contributed by atoms with Crippen molar-refractivity contribution in [2.45, 2.75) is 172 Å². The fourth-order valence-electron chi connectivity index (χ4n) is 13.0. The Labute approximate surface area is 296 Å². The van der Waals surface area contributed by atoms with Crippen molar-refractivity contribution in [3.8, 4) is 0 Å². The highest BCUT2D eigenvalue weighted by Gasteiger charge is 2.70. The van der Waals surface area contributed by atoms with E-state index in [1.165, 1.54) is 0 Å². The van der Waals surface area contributed by atoms with Gasteiger partial charge in [0.2, 0.25) is 0 Å². The Morgan fingerprint density at radius 3 is 2.24 bits per heavy atom. The van der Waals surface area contributed by atoms with Crippen molar-refractivity contribution in [3.63, 3.8) is 0 Å². The summed E-state index contributed by atoms with van der Waals surface area (Å²) >= 11 is 0. The van der Waals surface area contributed by atoms with Crippen LogP contribution in [-0.2, 0) is 28.4 Å². The first-order valence-corrected chi connectivity index (χ1v) is 19.7. The first-order chi connectivity index (χ1) is 23.7. The quantitative estimate of drug-likeness (QED) is 0.251. The van der Waals surface area contributed by atoms with Crippen LogP contribution in [0.1, 0.15) is 92.4 Å². The van der Waals surface area contributed by atoms with Gasteiger partial charge in [-0.2, -0.15) is 0 Å². The van der Waals surface area contributed by atoms with Gasteiger partial charge >= 0.3 is 0 Å². The summed E-state index contributed by atoms with van der Waals surface area (Å²) in [6, 6.07) is 0. The van der Waals surface area contributed by atoms with E-state index in [4.69, 9.17) is 28.4 Å². The monoisotopic (exact) mass is 710 g/mol. The van der Waals surface area contributed by atoms with Gasteiger partial charge in [0.1, 0.15) is 36.6 Å². The van der Waals surface area contributed by atoms with Crippen LogP contribution < -0.4 is 0 Å². The maximum atomic E-state index is 11.2. The molecule has 6 N–H and O–H groups in total. The lowest BCUT2D eigenvalue weighted by atomic mass is 9.43. The number of hydrogen-bond acceptors (Lipinski definition) is 12. The first kappa shape index (κ1) is 36.5. The molecule has 8 fully saturated rings. The molecule has 22 atom stereocenters. The zero-order valence-corrected chi connectivity index (χ0v) is 30.4. The van der Waals surface area contributed by atoms with E-state index < -0.39 is 73.3 Å². The minimum Gasteiger partial charge on any atom is -0.393 e. The van der Waals surface area contributed by atoms with Crippen LogP contribution in [0.5, 0.6) is 0 Å². The van der Waals surface area contributed by atoms with E-state index in [1.54, 1.807) is 6.92 Å². The lowest BCUT2D eigenvalue weighted by Crippen LogP contribution is -2.64. The number of aliphatic hydroxyl groups excluding tert-OH is 6. The first-order valence-electron chi connectivity index (χ1n) is 19.7. The van der Waals surface area contributed by atoms with E-state index in [9.17, 15) is 30.6 Å². The number of fused-ring (bicyclic) bond motifs is 7. The minimum absolute atomic E-state index is 0.163. The SMILES string of the molecule is C[C@H]1CC[C@@]2(OC1)O[C@H]1C[C@H]3[C@@H]4CC[C@@H]5C[C@@H](O)C[C@@H](O[C@@H]6OC[C@@H](O)[C@H](O)[C@H]6O[C@@H]6O[C@@H](C)[C@H](O)[C@@H](O)[C@H]6O)[C@]5(C)[C@H]4CC[C@]3(C)[C@H]1[C@@H]2C. The second-order valence-electron chi connectivity index (χ2n) is 18.3. The lowest BCUT2D eigenvalue weighted by Gasteiger charge is -2.63. The van der Waals surface area contributed by atoms with E-state index in [-0.39, 0.29) is 29.5 Å². The van der Waals surface area contributed by atoms with Gasteiger partial charge in [0.25, 0.3) is 0 Å². The van der Waals surface area contributed by atoms with E-state index >= 15 is 0 Å². The van der Waals surface area contributed by atoms with Crippen LogP contribution in [0, 0.1) is 52.3 Å². The van der Waals surface area contributed by atoms with E-state index in [2.05, 4.69) is 27.7 Å². The fraction of sp³-hybridized carbons (Fsp3) is 1.00. The number of hydrogen-bond donors (Lipinski definition) is 6. The van der Waals surface area contributed by atoms with Crippen LogP contribution >= 0.6 is 0 Å². The van der Waals surface area contributed by atoms with E-state index in [1.807, 2.05) is 0 Å². The van der Waals surface area contributed by atoms with Gasteiger partial charge in [0, 0.05) is 18.8 Å². The Morgan fingerprint density at radius 2 is 1.50 bits per heavy atom. The predicted octanol–water partition coefficient (Wildman–Crippen LogP) is 2.08. The summed E-state index contributed by atoms with van der Waals surface area (Å²) in [5, 5.41) is 64.2. The topological polar surface area (TPSA) is 177 Å². The zero-order valence-electron chi connectivity index (χ0n) is 30.4. The predicted molar refractivity (Wildman–Crippen MR) is 177 cm³/mol. The van der Waals surface area contributed by atoms with Crippen LogP contribution in [0.2, 0.25) is 0 Å². The molecule has 8 rings (SSSR count). The molecular weight excluding hydrogens is 648 g/mol. The van der Waals surface area contributed by atoms with Crippen LogP contribution in [-0.4, -0.2) is 123 Å². The summed E-state index contributed by atoms with van der Waals surface area (Å²) in [5.41, 5.74) is -0.112. The maximum Gasteiger partial charge on any atom is 0.187 e. The lowest BCUT2D eigenvalue weighted by molar-refractivity contribution is -0.366. The second kappa shape index (κ2) is 13.1. The molecule has 0 unspecified atom stereocenters. The molecule has 0 radical (unpaired) electrons. The molecule has 0 amide bonds. The fourth-order valence-corrected chi connectivity index (χ4v) is 13.0. The highest BCUT2D eigenvalue weighted by molar-refractivity contribution is 5.16. The molecule has 12 heteroatoms. The van der Waals surface area contributed by atoms with Crippen molar-refractivity contribution in [1.29, 1.82) is 0 Å². The zero-order chi connectivity index (χ0) is 35.5. The normalized spacial score (nSPS) is 60.9. The van der Waals surface area contributed by atoms with Gasteiger partial charge in [-0.25, -0.2) is 0 Å². The molecule has 286 valence electrons.